The standard InChI is InChI=1S/C20H23N3O/c1-15-6-7-18(14-21)20(22-15)23-10-8-16(9-11-23)12-17-4-3-5-19(13-17)24-2/h3-7,13,16H,8-12H2,1-2H3. The van der Waals surface area contributed by atoms with Gasteiger partial charge in [0.2, 0.25) is 0 Å². The first-order valence-corrected chi connectivity index (χ1v) is 8.45. The molecule has 1 saturated heterocycles. The van der Waals surface area contributed by atoms with E-state index >= 15 is 0 Å². The van der Waals surface area contributed by atoms with E-state index < -0.39 is 0 Å². The number of nitriles is 1. The lowest BCUT2D eigenvalue weighted by Crippen LogP contribution is -2.35. The second-order valence-electron chi connectivity index (χ2n) is 6.42. The molecule has 3 rings (SSSR count). The molecule has 1 aliphatic rings. The first-order valence-electron chi connectivity index (χ1n) is 8.45. The first kappa shape index (κ1) is 16.3. The van der Waals surface area contributed by atoms with E-state index in [0.717, 1.165) is 49.6 Å². The number of nitrogens with zero attached hydrogens (tertiary/aromatic N) is 3. The molecule has 0 unspecified atom stereocenters. The number of methoxy groups -OCH3 is 1. The quantitative estimate of drug-likeness (QED) is 0.861. The Labute approximate surface area is 143 Å². The molecule has 2 heterocycles. The van der Waals surface area contributed by atoms with Crippen LogP contribution in [0.1, 0.15) is 29.7 Å². The maximum Gasteiger partial charge on any atom is 0.146 e. The fraction of sp³-hybridized carbons (Fsp3) is 0.400. The van der Waals surface area contributed by atoms with E-state index in [1.54, 1.807) is 7.11 Å². The third-order valence-electron chi connectivity index (χ3n) is 4.71. The van der Waals surface area contributed by atoms with Crippen LogP contribution in [0.15, 0.2) is 36.4 Å². The highest BCUT2D eigenvalue weighted by Crippen LogP contribution is 2.27. The molecule has 1 aromatic heterocycles. The summed E-state index contributed by atoms with van der Waals surface area (Å²) in [5.41, 5.74) is 2.97. The Bertz CT molecular complexity index is 743. The molecule has 1 aromatic carbocycles. The normalized spacial score (nSPS) is 15.1. The second-order valence-corrected chi connectivity index (χ2v) is 6.42. The number of benzene rings is 1. The molecule has 4 nitrogen and oxygen atoms in total. The Morgan fingerprint density at radius 1 is 1.25 bits per heavy atom. The van der Waals surface area contributed by atoms with Gasteiger partial charge in [-0.3, -0.25) is 0 Å². The van der Waals surface area contributed by atoms with Crippen molar-refractivity contribution in [3.05, 3.63) is 53.2 Å². The lowest BCUT2D eigenvalue weighted by molar-refractivity contribution is 0.397. The molecule has 0 atom stereocenters. The van der Waals surface area contributed by atoms with Gasteiger partial charge in [-0.1, -0.05) is 12.1 Å². The maximum atomic E-state index is 9.31. The van der Waals surface area contributed by atoms with E-state index in [2.05, 4.69) is 34.2 Å². The lowest BCUT2D eigenvalue weighted by Gasteiger charge is -2.33. The minimum absolute atomic E-state index is 0.670. The van der Waals surface area contributed by atoms with Crippen LogP contribution in [0.5, 0.6) is 5.75 Å². The number of pyridine rings is 1. The summed E-state index contributed by atoms with van der Waals surface area (Å²) in [7, 11) is 1.71. The van der Waals surface area contributed by atoms with Crippen LogP contribution in [0.25, 0.3) is 0 Å². The fourth-order valence-electron chi connectivity index (χ4n) is 3.35. The van der Waals surface area contributed by atoms with Crippen LogP contribution in [0, 0.1) is 24.2 Å². The predicted octanol–water partition coefficient (Wildman–Crippen LogP) is 3.73. The molecular formula is C20H23N3O. The summed E-state index contributed by atoms with van der Waals surface area (Å²) in [6.45, 7) is 3.89. The van der Waals surface area contributed by atoms with Gasteiger partial charge in [-0.15, -0.1) is 0 Å². The highest BCUT2D eigenvalue weighted by molar-refractivity contribution is 5.54. The summed E-state index contributed by atoms with van der Waals surface area (Å²) in [4.78, 5) is 6.84. The number of aromatic nitrogens is 1. The summed E-state index contributed by atoms with van der Waals surface area (Å²) >= 11 is 0. The van der Waals surface area contributed by atoms with Gasteiger partial charge in [0.05, 0.1) is 12.7 Å². The number of ether oxygens (including phenoxy) is 1. The van der Waals surface area contributed by atoms with Crippen molar-refractivity contribution >= 4 is 5.82 Å². The van der Waals surface area contributed by atoms with Gasteiger partial charge in [0.15, 0.2) is 0 Å². The van der Waals surface area contributed by atoms with Crippen molar-refractivity contribution in [3.63, 3.8) is 0 Å². The number of hydrogen-bond donors (Lipinski definition) is 0. The van der Waals surface area contributed by atoms with Crippen LogP contribution in [-0.2, 0) is 6.42 Å². The van der Waals surface area contributed by atoms with Gasteiger partial charge < -0.3 is 9.64 Å². The molecule has 2 aromatic rings. The van der Waals surface area contributed by atoms with Crippen LogP contribution in [0.3, 0.4) is 0 Å². The molecular weight excluding hydrogens is 298 g/mol. The van der Waals surface area contributed by atoms with E-state index in [9.17, 15) is 5.26 Å². The van der Waals surface area contributed by atoms with Crippen molar-refractivity contribution in [3.8, 4) is 11.8 Å². The van der Waals surface area contributed by atoms with Gasteiger partial charge in [-0.25, -0.2) is 4.98 Å². The molecule has 0 bridgehead atoms. The monoisotopic (exact) mass is 321 g/mol. The zero-order chi connectivity index (χ0) is 16.9. The Kier molecular flexibility index (Phi) is 5.00. The average Bonchev–Trinajstić information content (AvgIpc) is 2.62. The van der Waals surface area contributed by atoms with Gasteiger partial charge in [-0.05, 0) is 61.9 Å². The van der Waals surface area contributed by atoms with E-state index in [0.29, 0.717) is 11.5 Å². The molecule has 0 N–H and O–H groups in total. The largest absolute Gasteiger partial charge is 0.497 e. The maximum absolute atomic E-state index is 9.31. The van der Waals surface area contributed by atoms with Crippen LogP contribution >= 0.6 is 0 Å². The molecule has 1 fully saturated rings. The van der Waals surface area contributed by atoms with Crippen LogP contribution in [0.4, 0.5) is 5.82 Å². The predicted molar refractivity (Wildman–Crippen MR) is 95.3 cm³/mol. The summed E-state index contributed by atoms with van der Waals surface area (Å²) in [5, 5.41) is 9.31. The second kappa shape index (κ2) is 7.35. The van der Waals surface area contributed by atoms with Gasteiger partial charge in [0.25, 0.3) is 0 Å². The number of rotatable bonds is 4. The summed E-state index contributed by atoms with van der Waals surface area (Å²) in [6.07, 6.45) is 3.33. The summed E-state index contributed by atoms with van der Waals surface area (Å²) in [6, 6.07) is 14.4. The molecule has 0 amide bonds. The number of hydrogen-bond acceptors (Lipinski definition) is 4. The van der Waals surface area contributed by atoms with Crippen molar-refractivity contribution in [2.45, 2.75) is 26.2 Å². The molecule has 0 aliphatic carbocycles. The molecule has 0 radical (unpaired) electrons. The average molecular weight is 321 g/mol. The van der Waals surface area contributed by atoms with Crippen molar-refractivity contribution in [1.29, 1.82) is 5.26 Å². The highest BCUT2D eigenvalue weighted by Gasteiger charge is 2.22. The van der Waals surface area contributed by atoms with E-state index in [1.807, 2.05) is 25.1 Å². The van der Waals surface area contributed by atoms with Gasteiger partial charge >= 0.3 is 0 Å². The number of piperidine rings is 1. The van der Waals surface area contributed by atoms with Crippen molar-refractivity contribution in [2.75, 3.05) is 25.1 Å². The van der Waals surface area contributed by atoms with E-state index in [-0.39, 0.29) is 0 Å². The topological polar surface area (TPSA) is 49.1 Å². The zero-order valence-electron chi connectivity index (χ0n) is 14.3. The van der Waals surface area contributed by atoms with Crippen LogP contribution in [-0.4, -0.2) is 25.2 Å². The Morgan fingerprint density at radius 2 is 2.04 bits per heavy atom. The Balaban J connectivity index is 1.64. The Hall–Kier alpha value is -2.54. The summed E-state index contributed by atoms with van der Waals surface area (Å²) < 4.78 is 5.31. The molecule has 4 heteroatoms. The van der Waals surface area contributed by atoms with E-state index in [4.69, 9.17) is 4.74 Å². The van der Waals surface area contributed by atoms with Gasteiger partial charge in [0.1, 0.15) is 17.6 Å². The van der Waals surface area contributed by atoms with Crippen LogP contribution < -0.4 is 9.64 Å². The van der Waals surface area contributed by atoms with Crippen LogP contribution in [0.2, 0.25) is 0 Å². The van der Waals surface area contributed by atoms with Crippen molar-refractivity contribution in [1.82, 2.24) is 4.98 Å². The smallest absolute Gasteiger partial charge is 0.146 e. The molecule has 24 heavy (non-hydrogen) atoms. The third kappa shape index (κ3) is 3.68. The highest BCUT2D eigenvalue weighted by atomic mass is 16.5. The zero-order valence-corrected chi connectivity index (χ0v) is 14.3. The molecule has 1 aliphatic heterocycles. The molecule has 124 valence electrons. The van der Waals surface area contributed by atoms with Crippen molar-refractivity contribution in [2.24, 2.45) is 5.92 Å². The summed E-state index contributed by atoms with van der Waals surface area (Å²) in [5.74, 6) is 2.44. The van der Waals surface area contributed by atoms with Gasteiger partial charge in [-0.2, -0.15) is 5.26 Å². The SMILES string of the molecule is COc1cccc(CC2CCN(c3nc(C)ccc3C#N)CC2)c1. The van der Waals surface area contributed by atoms with Crippen molar-refractivity contribution < 1.29 is 4.74 Å². The Morgan fingerprint density at radius 3 is 2.75 bits per heavy atom. The minimum atomic E-state index is 0.670. The van der Waals surface area contributed by atoms with Gasteiger partial charge in [0, 0.05) is 18.8 Å². The third-order valence-corrected chi connectivity index (χ3v) is 4.71. The minimum Gasteiger partial charge on any atom is -0.497 e. The fourth-order valence-corrected chi connectivity index (χ4v) is 3.35. The van der Waals surface area contributed by atoms with E-state index in [1.165, 1.54) is 5.56 Å². The number of aryl methyl sites for hydroxylation is 1. The lowest BCUT2D eigenvalue weighted by atomic mass is 9.90. The first-order chi connectivity index (χ1) is 11.7. The number of anilines is 1. The molecule has 0 spiro atoms. The molecule has 0 saturated carbocycles.